The SMILES string of the molecule is COC(=O)Cn1c(C)c(Cc2ccccc2S(=O)(=O)N(C)c2ccccc2)c2cc(F)ccc21. The van der Waals surface area contributed by atoms with Crippen molar-refractivity contribution >= 4 is 32.6 Å². The Balaban J connectivity index is 1.82. The number of esters is 1. The van der Waals surface area contributed by atoms with Crippen LogP contribution in [-0.2, 0) is 32.5 Å². The summed E-state index contributed by atoms with van der Waals surface area (Å²) in [4.78, 5) is 12.2. The molecule has 0 aliphatic heterocycles. The second kappa shape index (κ2) is 9.30. The van der Waals surface area contributed by atoms with Crippen LogP contribution < -0.4 is 4.31 Å². The number of hydrogen-bond acceptors (Lipinski definition) is 4. The molecule has 4 aromatic rings. The summed E-state index contributed by atoms with van der Waals surface area (Å²) in [6, 6.07) is 20.0. The highest BCUT2D eigenvalue weighted by molar-refractivity contribution is 7.92. The average Bonchev–Trinajstić information content (AvgIpc) is 3.09. The number of benzene rings is 3. The fourth-order valence-corrected chi connectivity index (χ4v) is 5.58. The van der Waals surface area contributed by atoms with E-state index in [0.29, 0.717) is 22.2 Å². The van der Waals surface area contributed by atoms with Crippen LogP contribution in [0.15, 0.2) is 77.7 Å². The summed E-state index contributed by atoms with van der Waals surface area (Å²) in [5.74, 6) is -0.836. The average molecular weight is 481 g/mol. The zero-order valence-corrected chi connectivity index (χ0v) is 20.0. The number of methoxy groups -OCH3 is 1. The van der Waals surface area contributed by atoms with E-state index in [9.17, 15) is 17.6 Å². The van der Waals surface area contributed by atoms with Gasteiger partial charge in [-0.25, -0.2) is 12.8 Å². The fourth-order valence-electron chi connectivity index (χ4n) is 4.16. The zero-order valence-electron chi connectivity index (χ0n) is 19.2. The molecule has 0 saturated carbocycles. The standard InChI is InChI=1S/C26H25FN2O4S/c1-18-22(23-16-20(27)13-14-24(23)29(18)17-26(30)33-3)15-19-9-7-8-12-25(19)34(31,32)28(2)21-10-5-4-6-11-21/h4-14,16H,15,17H2,1-3H3. The van der Waals surface area contributed by atoms with E-state index >= 15 is 0 Å². The van der Waals surface area contributed by atoms with Gasteiger partial charge < -0.3 is 9.30 Å². The van der Waals surface area contributed by atoms with E-state index < -0.39 is 21.8 Å². The molecule has 0 unspecified atom stereocenters. The number of halogens is 1. The molecule has 0 fully saturated rings. The Morgan fingerprint density at radius 3 is 2.41 bits per heavy atom. The van der Waals surface area contributed by atoms with Crippen LogP contribution in [0.5, 0.6) is 0 Å². The lowest BCUT2D eigenvalue weighted by molar-refractivity contribution is -0.141. The van der Waals surface area contributed by atoms with Gasteiger partial charge in [-0.1, -0.05) is 36.4 Å². The lowest BCUT2D eigenvalue weighted by Gasteiger charge is -2.21. The molecule has 8 heteroatoms. The summed E-state index contributed by atoms with van der Waals surface area (Å²) >= 11 is 0. The van der Waals surface area contributed by atoms with Crippen LogP contribution in [0.25, 0.3) is 10.9 Å². The molecule has 0 saturated heterocycles. The molecule has 0 bridgehead atoms. The number of aromatic nitrogens is 1. The van der Waals surface area contributed by atoms with Crippen molar-refractivity contribution in [2.24, 2.45) is 0 Å². The number of para-hydroxylation sites is 1. The predicted octanol–water partition coefficient (Wildman–Crippen LogP) is 4.68. The summed E-state index contributed by atoms with van der Waals surface area (Å²) in [5.41, 5.74) is 3.30. The van der Waals surface area contributed by atoms with Gasteiger partial charge in [0.15, 0.2) is 0 Å². The van der Waals surface area contributed by atoms with Gasteiger partial charge in [-0.2, -0.15) is 0 Å². The summed E-state index contributed by atoms with van der Waals surface area (Å²) in [6.07, 6.45) is 0.248. The molecule has 176 valence electrons. The van der Waals surface area contributed by atoms with Gasteiger partial charge >= 0.3 is 5.97 Å². The Kier molecular flexibility index (Phi) is 6.43. The Morgan fingerprint density at radius 2 is 1.71 bits per heavy atom. The number of sulfonamides is 1. The van der Waals surface area contributed by atoms with Gasteiger partial charge in [0.1, 0.15) is 12.4 Å². The van der Waals surface area contributed by atoms with E-state index in [1.54, 1.807) is 59.2 Å². The van der Waals surface area contributed by atoms with Crippen molar-refractivity contribution in [1.29, 1.82) is 0 Å². The van der Waals surface area contributed by atoms with Crippen LogP contribution >= 0.6 is 0 Å². The van der Waals surface area contributed by atoms with E-state index in [1.165, 1.54) is 30.6 Å². The van der Waals surface area contributed by atoms with Crippen molar-refractivity contribution in [2.75, 3.05) is 18.5 Å². The first-order valence-electron chi connectivity index (χ1n) is 10.7. The Morgan fingerprint density at radius 1 is 1.03 bits per heavy atom. The second-order valence-electron chi connectivity index (χ2n) is 7.98. The maximum atomic E-state index is 14.2. The van der Waals surface area contributed by atoms with Gasteiger partial charge in [0.05, 0.1) is 17.7 Å². The topological polar surface area (TPSA) is 68.6 Å². The number of anilines is 1. The third-order valence-corrected chi connectivity index (χ3v) is 7.92. The predicted molar refractivity (Wildman–Crippen MR) is 130 cm³/mol. The quantitative estimate of drug-likeness (QED) is 0.360. The smallest absolute Gasteiger partial charge is 0.325 e. The van der Waals surface area contributed by atoms with E-state index in [4.69, 9.17) is 4.74 Å². The number of carbonyl (C=O) groups excluding carboxylic acids is 1. The fraction of sp³-hybridized carbons (Fsp3) is 0.192. The number of carbonyl (C=O) groups is 1. The Labute approximate surface area is 198 Å². The highest BCUT2D eigenvalue weighted by atomic mass is 32.2. The van der Waals surface area contributed by atoms with Crippen LogP contribution in [0.4, 0.5) is 10.1 Å². The molecule has 34 heavy (non-hydrogen) atoms. The van der Waals surface area contributed by atoms with Crippen molar-refractivity contribution < 1.29 is 22.3 Å². The summed E-state index contributed by atoms with van der Waals surface area (Å²) in [7, 11) is -1.02. The van der Waals surface area contributed by atoms with Crippen molar-refractivity contribution in [3.63, 3.8) is 0 Å². The van der Waals surface area contributed by atoms with Crippen molar-refractivity contribution in [3.8, 4) is 0 Å². The molecule has 1 aromatic heterocycles. The zero-order chi connectivity index (χ0) is 24.5. The molecule has 0 spiro atoms. The minimum atomic E-state index is -3.85. The summed E-state index contributed by atoms with van der Waals surface area (Å²) < 4.78 is 49.1. The van der Waals surface area contributed by atoms with Crippen LogP contribution in [0.2, 0.25) is 0 Å². The minimum Gasteiger partial charge on any atom is -0.468 e. The maximum absolute atomic E-state index is 14.2. The molecular formula is C26H25FN2O4S. The van der Waals surface area contributed by atoms with Crippen molar-refractivity contribution in [3.05, 3.63) is 95.4 Å². The van der Waals surface area contributed by atoms with Gasteiger partial charge in [0.2, 0.25) is 0 Å². The molecule has 3 aromatic carbocycles. The molecule has 6 nitrogen and oxygen atoms in total. The van der Waals surface area contributed by atoms with E-state index in [2.05, 4.69) is 0 Å². The van der Waals surface area contributed by atoms with E-state index in [1.807, 2.05) is 13.0 Å². The van der Waals surface area contributed by atoms with Crippen molar-refractivity contribution in [1.82, 2.24) is 4.57 Å². The highest BCUT2D eigenvalue weighted by Gasteiger charge is 2.26. The second-order valence-corrected chi connectivity index (χ2v) is 9.92. The third kappa shape index (κ3) is 4.28. The van der Waals surface area contributed by atoms with E-state index in [0.717, 1.165) is 11.3 Å². The van der Waals surface area contributed by atoms with Gasteiger partial charge in [-0.15, -0.1) is 0 Å². The largest absolute Gasteiger partial charge is 0.468 e. The first kappa shape index (κ1) is 23.5. The molecule has 0 atom stereocenters. The van der Waals surface area contributed by atoms with Crippen LogP contribution in [-0.4, -0.2) is 33.1 Å². The molecular weight excluding hydrogens is 455 g/mol. The summed E-state index contributed by atoms with van der Waals surface area (Å²) in [5, 5.41) is 0.630. The monoisotopic (exact) mass is 480 g/mol. The van der Waals surface area contributed by atoms with Gasteiger partial charge in [0.25, 0.3) is 10.0 Å². The van der Waals surface area contributed by atoms with Gasteiger partial charge in [0, 0.05) is 30.1 Å². The minimum absolute atomic E-state index is 0.0266. The maximum Gasteiger partial charge on any atom is 0.325 e. The highest BCUT2D eigenvalue weighted by Crippen LogP contribution is 2.32. The van der Waals surface area contributed by atoms with Gasteiger partial charge in [-0.05, 0) is 54.4 Å². The number of hydrogen-bond donors (Lipinski definition) is 0. The molecule has 4 rings (SSSR count). The third-order valence-electron chi connectivity index (χ3n) is 6.03. The lowest BCUT2D eigenvalue weighted by atomic mass is 10.0. The van der Waals surface area contributed by atoms with Crippen LogP contribution in [0.3, 0.4) is 0 Å². The Bertz CT molecular complexity index is 1460. The molecule has 0 aliphatic rings. The molecule has 0 amide bonds. The molecule has 1 heterocycles. The normalized spacial score (nSPS) is 11.5. The molecule has 0 N–H and O–H groups in total. The molecule has 0 radical (unpaired) electrons. The van der Waals surface area contributed by atoms with Gasteiger partial charge in [-0.3, -0.25) is 9.10 Å². The van der Waals surface area contributed by atoms with Crippen molar-refractivity contribution in [2.45, 2.75) is 24.8 Å². The molecule has 0 aliphatic carbocycles. The number of nitrogens with zero attached hydrogens (tertiary/aromatic N) is 2. The number of ether oxygens (including phenoxy) is 1. The van der Waals surface area contributed by atoms with Crippen LogP contribution in [0.1, 0.15) is 16.8 Å². The lowest BCUT2D eigenvalue weighted by Crippen LogP contribution is -2.27. The Hall–Kier alpha value is -3.65. The number of fused-ring (bicyclic) bond motifs is 1. The number of rotatable bonds is 7. The van der Waals surface area contributed by atoms with E-state index in [-0.39, 0.29) is 17.9 Å². The summed E-state index contributed by atoms with van der Waals surface area (Å²) in [6.45, 7) is 1.81. The first-order chi connectivity index (χ1) is 16.2. The van der Waals surface area contributed by atoms with Crippen LogP contribution in [0, 0.1) is 12.7 Å². The first-order valence-corrected chi connectivity index (χ1v) is 12.1.